The predicted molar refractivity (Wildman–Crippen MR) is 73.4 cm³/mol. The van der Waals surface area contributed by atoms with E-state index < -0.39 is 5.92 Å². The van der Waals surface area contributed by atoms with Crippen molar-refractivity contribution < 1.29 is 8.78 Å². The van der Waals surface area contributed by atoms with Gasteiger partial charge in [-0.25, -0.2) is 0 Å². The van der Waals surface area contributed by atoms with Crippen LogP contribution in [0, 0.1) is 6.92 Å². The molecule has 0 bridgehead atoms. The second kappa shape index (κ2) is 4.48. The molecule has 0 unspecified atom stereocenters. The summed E-state index contributed by atoms with van der Waals surface area (Å²) in [4.78, 5) is 4.09. The number of hydrogen-bond acceptors (Lipinski definition) is 1. The first-order valence-corrected chi connectivity index (χ1v) is 6.38. The van der Waals surface area contributed by atoms with Crippen LogP contribution in [0.15, 0.2) is 21.8 Å². The molecule has 1 heterocycles. The van der Waals surface area contributed by atoms with Gasteiger partial charge in [0.25, 0.3) is 5.92 Å². The SMILES string of the molecule is Cc1cc(C(C)(F)F)nc2c1C=C(I)C=CC2. The number of pyridine rings is 1. The number of nitrogens with zero attached hydrogens (tertiary/aromatic N) is 1. The van der Waals surface area contributed by atoms with Gasteiger partial charge in [-0.1, -0.05) is 12.2 Å². The van der Waals surface area contributed by atoms with Gasteiger partial charge >= 0.3 is 0 Å². The van der Waals surface area contributed by atoms with Gasteiger partial charge in [-0.2, -0.15) is 8.78 Å². The van der Waals surface area contributed by atoms with Crippen molar-refractivity contribution in [2.75, 3.05) is 0 Å². The number of rotatable bonds is 1. The van der Waals surface area contributed by atoms with Gasteiger partial charge in [-0.15, -0.1) is 0 Å². The Kier molecular flexibility index (Phi) is 3.34. The molecule has 0 saturated heterocycles. The summed E-state index contributed by atoms with van der Waals surface area (Å²) in [5, 5.41) is 0. The van der Waals surface area contributed by atoms with E-state index in [4.69, 9.17) is 0 Å². The minimum absolute atomic E-state index is 0.146. The maximum absolute atomic E-state index is 13.3. The number of halogens is 3. The number of allylic oxidation sites excluding steroid dienone is 3. The van der Waals surface area contributed by atoms with Crippen molar-refractivity contribution in [3.8, 4) is 0 Å². The molecule has 1 aromatic heterocycles. The Morgan fingerprint density at radius 3 is 2.76 bits per heavy atom. The van der Waals surface area contributed by atoms with Gasteiger partial charge in [0, 0.05) is 22.5 Å². The average molecular weight is 347 g/mol. The third-order valence-electron chi connectivity index (χ3n) is 2.66. The van der Waals surface area contributed by atoms with Crippen LogP contribution in [-0.4, -0.2) is 4.98 Å². The van der Waals surface area contributed by atoms with E-state index in [1.807, 2.05) is 25.2 Å². The van der Waals surface area contributed by atoms with Gasteiger partial charge < -0.3 is 0 Å². The van der Waals surface area contributed by atoms with Crippen molar-refractivity contribution in [1.82, 2.24) is 4.98 Å². The first kappa shape index (κ1) is 12.7. The molecule has 0 radical (unpaired) electrons. The van der Waals surface area contributed by atoms with E-state index in [0.717, 1.165) is 27.3 Å². The number of fused-ring (bicyclic) bond motifs is 1. The zero-order valence-electron chi connectivity index (χ0n) is 9.60. The third-order valence-corrected chi connectivity index (χ3v) is 3.34. The maximum atomic E-state index is 13.3. The van der Waals surface area contributed by atoms with E-state index in [9.17, 15) is 8.78 Å². The first-order chi connectivity index (χ1) is 7.88. The molecule has 1 aromatic rings. The molecular weight excluding hydrogens is 335 g/mol. The van der Waals surface area contributed by atoms with Gasteiger partial charge in [0.15, 0.2) is 0 Å². The molecule has 1 aliphatic rings. The zero-order chi connectivity index (χ0) is 12.6. The summed E-state index contributed by atoms with van der Waals surface area (Å²) in [5.74, 6) is -2.88. The van der Waals surface area contributed by atoms with E-state index in [1.54, 1.807) is 0 Å². The molecule has 17 heavy (non-hydrogen) atoms. The smallest absolute Gasteiger partial charge is 0.251 e. The Morgan fingerprint density at radius 2 is 2.12 bits per heavy atom. The fraction of sp³-hybridized carbons (Fsp3) is 0.308. The molecule has 0 amide bonds. The minimum atomic E-state index is -2.88. The largest absolute Gasteiger partial charge is 0.286 e. The molecule has 0 aromatic carbocycles. The van der Waals surface area contributed by atoms with Gasteiger partial charge in [0.1, 0.15) is 5.69 Å². The summed E-state index contributed by atoms with van der Waals surface area (Å²) < 4.78 is 27.7. The van der Waals surface area contributed by atoms with Crippen molar-refractivity contribution in [3.05, 3.63) is 44.3 Å². The fourth-order valence-corrected chi connectivity index (χ4v) is 2.36. The second-order valence-electron chi connectivity index (χ2n) is 4.21. The van der Waals surface area contributed by atoms with Crippen molar-refractivity contribution >= 4 is 28.7 Å². The molecule has 0 N–H and O–H groups in total. The predicted octanol–water partition coefficient (Wildman–Crippen LogP) is 4.39. The van der Waals surface area contributed by atoms with Crippen molar-refractivity contribution in [1.29, 1.82) is 0 Å². The summed E-state index contributed by atoms with van der Waals surface area (Å²) >= 11 is 2.22. The molecule has 1 nitrogen and oxygen atoms in total. The summed E-state index contributed by atoms with van der Waals surface area (Å²) in [6.45, 7) is 2.73. The lowest BCUT2D eigenvalue weighted by atomic mass is 10.0. The Balaban J connectivity index is 2.60. The Labute approximate surface area is 113 Å². The Bertz CT molecular complexity index is 513. The molecule has 1 aliphatic carbocycles. The average Bonchev–Trinajstić information content (AvgIpc) is 2.38. The minimum Gasteiger partial charge on any atom is -0.251 e. The van der Waals surface area contributed by atoms with E-state index in [1.165, 1.54) is 6.07 Å². The monoisotopic (exact) mass is 347 g/mol. The summed E-state index contributed by atoms with van der Waals surface area (Å²) in [6.07, 6.45) is 6.52. The van der Waals surface area contributed by atoms with E-state index >= 15 is 0 Å². The van der Waals surface area contributed by atoms with Crippen molar-refractivity contribution in [3.63, 3.8) is 0 Å². The lowest BCUT2D eigenvalue weighted by molar-refractivity contribution is 0.0125. The summed E-state index contributed by atoms with van der Waals surface area (Å²) in [5.41, 5.74) is 2.40. The Hall–Kier alpha value is -0.780. The highest BCUT2D eigenvalue weighted by atomic mass is 127. The van der Waals surface area contributed by atoms with Crippen LogP contribution >= 0.6 is 22.6 Å². The maximum Gasteiger partial charge on any atom is 0.286 e. The second-order valence-corrected chi connectivity index (χ2v) is 5.45. The highest BCUT2D eigenvalue weighted by Crippen LogP contribution is 2.30. The highest BCUT2D eigenvalue weighted by Gasteiger charge is 2.27. The number of alkyl halides is 2. The highest BCUT2D eigenvalue weighted by molar-refractivity contribution is 14.1. The molecule has 0 saturated carbocycles. The molecule has 2 rings (SSSR count). The number of hydrogen-bond donors (Lipinski definition) is 0. The fourth-order valence-electron chi connectivity index (χ4n) is 1.80. The normalized spacial score (nSPS) is 15.2. The molecular formula is C13H12F2IN. The van der Waals surface area contributed by atoms with E-state index in [0.29, 0.717) is 6.42 Å². The number of aromatic nitrogens is 1. The van der Waals surface area contributed by atoms with Crippen molar-refractivity contribution in [2.45, 2.75) is 26.2 Å². The topological polar surface area (TPSA) is 12.9 Å². The van der Waals surface area contributed by atoms with Gasteiger partial charge in [0.2, 0.25) is 0 Å². The van der Waals surface area contributed by atoms with Gasteiger partial charge in [-0.05, 0) is 47.2 Å². The molecule has 0 atom stereocenters. The van der Waals surface area contributed by atoms with Gasteiger partial charge in [0.05, 0.1) is 5.69 Å². The molecule has 0 spiro atoms. The van der Waals surface area contributed by atoms with E-state index in [2.05, 4.69) is 27.6 Å². The standard InChI is InChI=1S/C13H12F2IN/c1-8-6-12(13(2,14)15)17-11-5-3-4-9(16)7-10(8)11/h3-4,6-7H,5H2,1-2H3. The quantitative estimate of drug-likeness (QED) is 0.687. The summed E-state index contributed by atoms with van der Waals surface area (Å²) in [7, 11) is 0. The number of aryl methyl sites for hydroxylation is 1. The molecule has 0 aliphatic heterocycles. The van der Waals surface area contributed by atoms with Crippen LogP contribution in [0.5, 0.6) is 0 Å². The Morgan fingerprint density at radius 1 is 1.41 bits per heavy atom. The first-order valence-electron chi connectivity index (χ1n) is 5.30. The van der Waals surface area contributed by atoms with Crippen LogP contribution in [-0.2, 0) is 12.3 Å². The lowest BCUT2D eigenvalue weighted by Gasteiger charge is -2.14. The zero-order valence-corrected chi connectivity index (χ0v) is 11.8. The lowest BCUT2D eigenvalue weighted by Crippen LogP contribution is -2.12. The van der Waals surface area contributed by atoms with Crippen LogP contribution in [0.3, 0.4) is 0 Å². The van der Waals surface area contributed by atoms with Crippen LogP contribution in [0.1, 0.15) is 29.4 Å². The van der Waals surface area contributed by atoms with Gasteiger partial charge in [-0.3, -0.25) is 4.98 Å². The molecule has 4 heteroatoms. The molecule has 0 fully saturated rings. The van der Waals surface area contributed by atoms with Crippen LogP contribution in [0.2, 0.25) is 0 Å². The van der Waals surface area contributed by atoms with Crippen molar-refractivity contribution in [2.24, 2.45) is 0 Å². The van der Waals surface area contributed by atoms with E-state index in [-0.39, 0.29) is 5.69 Å². The molecule has 90 valence electrons. The summed E-state index contributed by atoms with van der Waals surface area (Å²) in [6, 6.07) is 1.48. The van der Waals surface area contributed by atoms with Crippen LogP contribution in [0.25, 0.3) is 6.08 Å². The third kappa shape index (κ3) is 2.73. The van der Waals surface area contributed by atoms with Crippen LogP contribution in [0.4, 0.5) is 8.78 Å². The van der Waals surface area contributed by atoms with Crippen LogP contribution < -0.4 is 0 Å².